The van der Waals surface area contributed by atoms with Crippen molar-refractivity contribution in [3.63, 3.8) is 0 Å². The van der Waals surface area contributed by atoms with Crippen LogP contribution in [0.3, 0.4) is 0 Å². The fourth-order valence-corrected chi connectivity index (χ4v) is 7.98. The normalized spacial score (nSPS) is 57.5. The van der Waals surface area contributed by atoms with Gasteiger partial charge in [-0.1, -0.05) is 6.92 Å². The van der Waals surface area contributed by atoms with Crippen molar-refractivity contribution >= 4 is 5.78 Å². The van der Waals surface area contributed by atoms with Gasteiger partial charge in [0.1, 0.15) is 5.78 Å². The molecule has 2 nitrogen and oxygen atoms in total. The van der Waals surface area contributed by atoms with Crippen molar-refractivity contribution in [2.24, 2.45) is 40.9 Å². The number of hydrogen-bond acceptors (Lipinski definition) is 2. The van der Waals surface area contributed by atoms with Gasteiger partial charge in [-0.3, -0.25) is 4.79 Å². The van der Waals surface area contributed by atoms with E-state index in [2.05, 4.69) is 6.92 Å². The summed E-state index contributed by atoms with van der Waals surface area (Å²) in [6.45, 7) is 5.36. The highest BCUT2D eigenvalue weighted by Crippen LogP contribution is 2.65. The Hall–Kier alpha value is -0.370. The van der Waals surface area contributed by atoms with E-state index in [1.165, 1.54) is 57.8 Å². The average molecular weight is 316 g/mol. The van der Waals surface area contributed by atoms with E-state index in [9.17, 15) is 4.79 Å². The van der Waals surface area contributed by atoms with E-state index in [1.807, 2.05) is 6.92 Å². The Labute approximate surface area is 140 Å². The number of carbonyl (C=O) groups excluding carboxylic acids is 1. The maximum atomic E-state index is 12.2. The molecule has 23 heavy (non-hydrogen) atoms. The minimum absolute atomic E-state index is 0.329. The second kappa shape index (κ2) is 4.84. The van der Waals surface area contributed by atoms with Crippen molar-refractivity contribution in [3.8, 4) is 0 Å². The largest absolute Gasteiger partial charge is 0.370 e. The Morgan fingerprint density at radius 2 is 1.74 bits per heavy atom. The summed E-state index contributed by atoms with van der Waals surface area (Å²) in [4.78, 5) is 12.2. The number of epoxide rings is 1. The van der Waals surface area contributed by atoms with E-state index < -0.39 is 0 Å². The Bertz CT molecular complexity index is 522. The van der Waals surface area contributed by atoms with E-state index in [0.29, 0.717) is 22.7 Å². The molecule has 0 aromatic rings. The van der Waals surface area contributed by atoms with Crippen molar-refractivity contribution in [3.05, 3.63) is 0 Å². The maximum Gasteiger partial charge on any atom is 0.133 e. The number of rotatable bonds is 1. The molecule has 0 aromatic heterocycles. The first-order valence-electron chi connectivity index (χ1n) is 10.2. The molecule has 8 atom stereocenters. The molecule has 0 N–H and O–H groups in total. The highest BCUT2D eigenvalue weighted by molar-refractivity contribution is 5.79. The van der Waals surface area contributed by atoms with Crippen LogP contribution in [0.1, 0.15) is 71.6 Å². The molecule has 5 aliphatic rings. The van der Waals surface area contributed by atoms with Gasteiger partial charge >= 0.3 is 0 Å². The summed E-state index contributed by atoms with van der Waals surface area (Å²) in [6.07, 6.45) is 12.2. The minimum Gasteiger partial charge on any atom is -0.370 e. The van der Waals surface area contributed by atoms with Gasteiger partial charge < -0.3 is 4.74 Å². The van der Waals surface area contributed by atoms with Gasteiger partial charge in [0.15, 0.2) is 0 Å². The van der Waals surface area contributed by atoms with Crippen LogP contribution in [-0.2, 0) is 9.53 Å². The summed E-state index contributed by atoms with van der Waals surface area (Å²) in [5.74, 6) is 5.48. The first-order chi connectivity index (χ1) is 11.0. The molecule has 4 aliphatic carbocycles. The highest BCUT2D eigenvalue weighted by Gasteiger charge is 2.60. The predicted molar refractivity (Wildman–Crippen MR) is 90.0 cm³/mol. The zero-order valence-corrected chi connectivity index (χ0v) is 14.9. The number of fused-ring (bicyclic) bond motifs is 5. The van der Waals surface area contributed by atoms with Gasteiger partial charge in [0.25, 0.3) is 0 Å². The van der Waals surface area contributed by atoms with Crippen LogP contribution in [0, 0.1) is 40.9 Å². The molecule has 8 unspecified atom stereocenters. The predicted octanol–water partition coefficient (Wildman–Crippen LogP) is 4.61. The van der Waals surface area contributed by atoms with Crippen molar-refractivity contribution in [1.82, 2.24) is 0 Å². The minimum atomic E-state index is 0.329. The molecule has 1 heterocycles. The molecule has 1 spiro atoms. The van der Waals surface area contributed by atoms with Gasteiger partial charge in [-0.2, -0.15) is 0 Å². The molecule has 0 radical (unpaired) electrons. The second-order valence-electron chi connectivity index (χ2n) is 9.94. The van der Waals surface area contributed by atoms with E-state index in [-0.39, 0.29) is 0 Å². The van der Waals surface area contributed by atoms with E-state index in [0.717, 1.165) is 36.2 Å². The summed E-state index contributed by atoms with van der Waals surface area (Å²) in [5, 5.41) is 0. The first kappa shape index (κ1) is 14.9. The number of hydrogen-bond donors (Lipinski definition) is 0. The zero-order valence-electron chi connectivity index (χ0n) is 14.9. The molecule has 0 bridgehead atoms. The van der Waals surface area contributed by atoms with Crippen LogP contribution < -0.4 is 0 Å². The van der Waals surface area contributed by atoms with Crippen molar-refractivity contribution in [1.29, 1.82) is 0 Å². The van der Waals surface area contributed by atoms with Crippen LogP contribution in [0.15, 0.2) is 0 Å². The topological polar surface area (TPSA) is 29.6 Å². The van der Waals surface area contributed by atoms with Gasteiger partial charge in [0.2, 0.25) is 0 Å². The second-order valence-corrected chi connectivity index (χ2v) is 9.94. The molecule has 0 aromatic carbocycles. The summed E-state index contributed by atoms with van der Waals surface area (Å²) < 4.78 is 5.81. The number of ether oxygens (including phenoxy) is 1. The third-order valence-corrected chi connectivity index (χ3v) is 9.13. The summed E-state index contributed by atoms with van der Waals surface area (Å²) in [7, 11) is 0. The Balaban J connectivity index is 1.38. The van der Waals surface area contributed by atoms with Crippen LogP contribution in [-0.4, -0.2) is 18.0 Å². The SMILES string of the molecule is CC(=O)C1CCC2C3CCC4CC5(CCC4C3CCC12C)CO5. The Morgan fingerprint density at radius 3 is 2.48 bits per heavy atom. The Morgan fingerprint density at radius 1 is 0.957 bits per heavy atom. The number of carbonyl (C=O) groups is 1. The van der Waals surface area contributed by atoms with E-state index in [4.69, 9.17) is 4.74 Å². The monoisotopic (exact) mass is 316 g/mol. The summed E-state index contributed by atoms with van der Waals surface area (Å²) >= 11 is 0. The molecule has 5 rings (SSSR count). The van der Waals surface area contributed by atoms with Crippen molar-refractivity contribution in [2.75, 3.05) is 6.61 Å². The lowest BCUT2D eigenvalue weighted by molar-refractivity contribution is -0.128. The van der Waals surface area contributed by atoms with Crippen LogP contribution in [0.2, 0.25) is 0 Å². The smallest absolute Gasteiger partial charge is 0.133 e. The molecule has 4 saturated carbocycles. The number of Topliss-reactive ketones (excluding diaryl/α,β-unsaturated/α-hetero) is 1. The van der Waals surface area contributed by atoms with Crippen molar-refractivity contribution in [2.45, 2.75) is 77.2 Å². The highest BCUT2D eigenvalue weighted by atomic mass is 16.6. The first-order valence-corrected chi connectivity index (χ1v) is 10.2. The molecule has 5 fully saturated rings. The van der Waals surface area contributed by atoms with Crippen LogP contribution in [0.5, 0.6) is 0 Å². The maximum absolute atomic E-state index is 12.2. The lowest BCUT2D eigenvalue weighted by Gasteiger charge is -2.56. The molecule has 2 heteroatoms. The summed E-state index contributed by atoms with van der Waals surface area (Å²) in [5.41, 5.74) is 0.666. The lowest BCUT2D eigenvalue weighted by atomic mass is 9.49. The van der Waals surface area contributed by atoms with Gasteiger partial charge in [-0.15, -0.1) is 0 Å². The third-order valence-electron chi connectivity index (χ3n) is 9.13. The third kappa shape index (κ3) is 2.06. The number of ketones is 1. The fraction of sp³-hybridized carbons (Fsp3) is 0.952. The van der Waals surface area contributed by atoms with Crippen LogP contribution in [0.25, 0.3) is 0 Å². The Kier molecular flexibility index (Phi) is 3.14. The zero-order chi connectivity index (χ0) is 15.8. The van der Waals surface area contributed by atoms with Crippen molar-refractivity contribution < 1.29 is 9.53 Å². The standard InChI is InChI=1S/C21H32O2/c1-13(22)18-5-6-19-17-4-3-14-11-21(12-23-21)10-8-15(14)16(17)7-9-20(18,19)2/h14-19H,3-12H2,1-2H3. The van der Waals surface area contributed by atoms with Gasteiger partial charge in [-0.25, -0.2) is 0 Å². The van der Waals surface area contributed by atoms with Gasteiger partial charge in [0, 0.05) is 5.92 Å². The lowest BCUT2D eigenvalue weighted by Crippen LogP contribution is -2.49. The summed E-state index contributed by atoms with van der Waals surface area (Å²) in [6, 6.07) is 0. The van der Waals surface area contributed by atoms with E-state index >= 15 is 0 Å². The molecular weight excluding hydrogens is 284 g/mol. The van der Waals surface area contributed by atoms with E-state index in [1.54, 1.807) is 0 Å². The molecule has 1 aliphatic heterocycles. The average Bonchev–Trinajstić information content (AvgIpc) is 3.16. The molecule has 1 saturated heterocycles. The van der Waals surface area contributed by atoms with Crippen LogP contribution in [0.4, 0.5) is 0 Å². The van der Waals surface area contributed by atoms with Crippen LogP contribution >= 0.6 is 0 Å². The molecule has 128 valence electrons. The molecule has 0 amide bonds. The van der Waals surface area contributed by atoms with Gasteiger partial charge in [0.05, 0.1) is 12.2 Å². The van der Waals surface area contributed by atoms with Gasteiger partial charge in [-0.05, 0) is 99.7 Å². The molecular formula is C21H32O2. The quantitative estimate of drug-likeness (QED) is 0.661. The fourth-order valence-electron chi connectivity index (χ4n) is 7.98.